The van der Waals surface area contributed by atoms with E-state index in [4.69, 9.17) is 0 Å². The topological polar surface area (TPSA) is 17.1 Å². The molecule has 0 heterocycles. The monoisotopic (exact) mass is 136 g/mol. The van der Waals surface area contributed by atoms with Crippen LogP contribution >= 0.6 is 0 Å². The lowest BCUT2D eigenvalue weighted by Crippen LogP contribution is -2.31. The predicted octanol–water partition coefficient (Wildman–Crippen LogP) is 1.62. The molecule has 0 aromatic carbocycles. The fourth-order valence-corrected chi connectivity index (χ4v) is 3.32. The van der Waals surface area contributed by atoms with Gasteiger partial charge in [0, 0.05) is 11.8 Å². The van der Waals surface area contributed by atoms with E-state index in [0.717, 1.165) is 11.8 Å². The summed E-state index contributed by atoms with van der Waals surface area (Å²) >= 11 is 0. The zero-order valence-electron chi connectivity index (χ0n) is 6.05. The van der Waals surface area contributed by atoms with E-state index in [-0.39, 0.29) is 0 Å². The SMILES string of the molecule is O=C1[C@H]2CC[C@@H]1[C@H]1CC[C@H]12. The number of rotatable bonds is 0. The Labute approximate surface area is 60.8 Å². The molecule has 0 aromatic rings. The van der Waals surface area contributed by atoms with E-state index >= 15 is 0 Å². The Morgan fingerprint density at radius 1 is 0.900 bits per heavy atom. The molecule has 3 fully saturated rings. The van der Waals surface area contributed by atoms with Crippen molar-refractivity contribution >= 4 is 5.78 Å². The summed E-state index contributed by atoms with van der Waals surface area (Å²) < 4.78 is 0. The Kier molecular flexibility index (Phi) is 0.781. The molecule has 0 saturated heterocycles. The first-order valence-electron chi connectivity index (χ1n) is 4.41. The van der Waals surface area contributed by atoms with E-state index < -0.39 is 0 Å². The van der Waals surface area contributed by atoms with E-state index in [2.05, 4.69) is 0 Å². The summed E-state index contributed by atoms with van der Waals surface area (Å²) in [5.74, 6) is 3.40. The minimum atomic E-state index is 0.531. The molecule has 3 rings (SSSR count). The van der Waals surface area contributed by atoms with Gasteiger partial charge in [-0.3, -0.25) is 4.79 Å². The molecule has 0 spiro atoms. The zero-order valence-corrected chi connectivity index (χ0v) is 6.05. The Balaban J connectivity index is 2.02. The molecule has 10 heavy (non-hydrogen) atoms. The van der Waals surface area contributed by atoms with Gasteiger partial charge in [0.15, 0.2) is 0 Å². The number of hydrogen-bond donors (Lipinski definition) is 0. The van der Waals surface area contributed by atoms with Crippen LogP contribution in [0.5, 0.6) is 0 Å². The van der Waals surface area contributed by atoms with Gasteiger partial charge in [-0.05, 0) is 37.5 Å². The smallest absolute Gasteiger partial charge is 0.139 e. The standard InChI is InChI=1S/C9H12O/c10-9-7-3-4-8(9)6-2-1-5(6)7/h5-8H,1-4H2/t5-,6+,7+,8-. The number of carbonyl (C=O) groups is 1. The fourth-order valence-electron chi connectivity index (χ4n) is 3.32. The molecule has 0 unspecified atom stereocenters. The maximum Gasteiger partial charge on any atom is 0.139 e. The van der Waals surface area contributed by atoms with E-state index in [0.29, 0.717) is 17.6 Å². The van der Waals surface area contributed by atoms with Crippen molar-refractivity contribution in [3.05, 3.63) is 0 Å². The van der Waals surface area contributed by atoms with Crippen molar-refractivity contribution in [2.45, 2.75) is 25.7 Å². The van der Waals surface area contributed by atoms with Gasteiger partial charge in [0.2, 0.25) is 0 Å². The van der Waals surface area contributed by atoms with Gasteiger partial charge in [-0.25, -0.2) is 0 Å². The molecule has 0 aliphatic heterocycles. The quantitative estimate of drug-likeness (QED) is 0.494. The maximum atomic E-state index is 11.4. The van der Waals surface area contributed by atoms with Gasteiger partial charge in [-0.2, -0.15) is 0 Å². The molecule has 3 aliphatic carbocycles. The van der Waals surface area contributed by atoms with Crippen LogP contribution in [0.4, 0.5) is 0 Å². The second-order valence-corrected chi connectivity index (χ2v) is 4.10. The summed E-state index contributed by atoms with van der Waals surface area (Å²) in [6, 6.07) is 0. The Morgan fingerprint density at radius 3 is 1.70 bits per heavy atom. The first-order chi connectivity index (χ1) is 4.88. The predicted molar refractivity (Wildman–Crippen MR) is 37.4 cm³/mol. The number of fused-ring (bicyclic) bond motifs is 5. The normalized spacial score (nSPS) is 56.6. The molecular weight excluding hydrogens is 124 g/mol. The van der Waals surface area contributed by atoms with Crippen LogP contribution in [0.25, 0.3) is 0 Å². The number of hydrogen-bond acceptors (Lipinski definition) is 1. The van der Waals surface area contributed by atoms with Crippen molar-refractivity contribution in [1.29, 1.82) is 0 Å². The summed E-state index contributed by atoms with van der Waals surface area (Å²) in [4.78, 5) is 11.4. The van der Waals surface area contributed by atoms with Crippen LogP contribution in [0, 0.1) is 23.7 Å². The Hall–Kier alpha value is -0.330. The third kappa shape index (κ3) is 0.388. The summed E-state index contributed by atoms with van der Waals surface area (Å²) in [7, 11) is 0. The average molecular weight is 136 g/mol. The summed E-state index contributed by atoms with van der Waals surface area (Å²) in [6.45, 7) is 0. The Morgan fingerprint density at radius 2 is 1.40 bits per heavy atom. The van der Waals surface area contributed by atoms with Crippen LogP contribution in [-0.2, 0) is 4.79 Å². The number of carbonyl (C=O) groups excluding carboxylic acids is 1. The van der Waals surface area contributed by atoms with Gasteiger partial charge in [-0.15, -0.1) is 0 Å². The molecule has 0 amide bonds. The van der Waals surface area contributed by atoms with Gasteiger partial charge in [0.25, 0.3) is 0 Å². The van der Waals surface area contributed by atoms with Gasteiger partial charge in [-0.1, -0.05) is 0 Å². The molecule has 2 bridgehead atoms. The maximum absolute atomic E-state index is 11.4. The molecule has 4 atom stereocenters. The van der Waals surface area contributed by atoms with E-state index in [1.54, 1.807) is 0 Å². The van der Waals surface area contributed by atoms with Crippen molar-refractivity contribution in [3.63, 3.8) is 0 Å². The van der Waals surface area contributed by atoms with Gasteiger partial charge in [0.05, 0.1) is 0 Å². The van der Waals surface area contributed by atoms with Crippen molar-refractivity contribution in [2.24, 2.45) is 23.7 Å². The molecular formula is C9H12O. The number of ketones is 1. The number of Topliss-reactive ketones (excluding diaryl/α,β-unsaturated/α-hetero) is 1. The van der Waals surface area contributed by atoms with Crippen LogP contribution in [0.2, 0.25) is 0 Å². The summed E-state index contributed by atoms with van der Waals surface area (Å²) in [6.07, 6.45) is 5.17. The molecule has 3 saturated carbocycles. The van der Waals surface area contributed by atoms with E-state index in [1.165, 1.54) is 25.7 Å². The van der Waals surface area contributed by atoms with E-state index in [1.807, 2.05) is 0 Å². The Bertz CT molecular complexity index is 177. The van der Waals surface area contributed by atoms with E-state index in [9.17, 15) is 4.79 Å². The zero-order chi connectivity index (χ0) is 6.72. The minimum absolute atomic E-state index is 0.531. The first kappa shape index (κ1) is 5.34. The second kappa shape index (κ2) is 1.46. The van der Waals surface area contributed by atoms with Gasteiger partial charge < -0.3 is 0 Å². The lowest BCUT2D eigenvalue weighted by molar-refractivity contribution is -0.121. The lowest BCUT2D eigenvalue weighted by atomic mass is 9.66. The third-order valence-corrected chi connectivity index (χ3v) is 3.94. The van der Waals surface area contributed by atoms with Gasteiger partial charge >= 0.3 is 0 Å². The van der Waals surface area contributed by atoms with Crippen LogP contribution < -0.4 is 0 Å². The largest absolute Gasteiger partial charge is 0.299 e. The van der Waals surface area contributed by atoms with Crippen LogP contribution in [0.15, 0.2) is 0 Å². The van der Waals surface area contributed by atoms with Crippen LogP contribution in [0.3, 0.4) is 0 Å². The highest BCUT2D eigenvalue weighted by atomic mass is 16.1. The molecule has 0 aromatic heterocycles. The van der Waals surface area contributed by atoms with Crippen molar-refractivity contribution in [2.75, 3.05) is 0 Å². The minimum Gasteiger partial charge on any atom is -0.299 e. The lowest BCUT2D eigenvalue weighted by Gasteiger charge is -2.38. The third-order valence-electron chi connectivity index (χ3n) is 3.94. The molecule has 3 aliphatic rings. The highest BCUT2D eigenvalue weighted by molar-refractivity contribution is 5.88. The summed E-state index contributed by atoms with van der Waals surface area (Å²) in [5.41, 5.74) is 0. The van der Waals surface area contributed by atoms with Gasteiger partial charge in [0.1, 0.15) is 5.78 Å². The van der Waals surface area contributed by atoms with Crippen molar-refractivity contribution in [3.8, 4) is 0 Å². The van der Waals surface area contributed by atoms with Crippen LogP contribution in [0.1, 0.15) is 25.7 Å². The highest BCUT2D eigenvalue weighted by Crippen LogP contribution is 2.58. The highest BCUT2D eigenvalue weighted by Gasteiger charge is 2.57. The second-order valence-electron chi connectivity index (χ2n) is 4.10. The van der Waals surface area contributed by atoms with Crippen molar-refractivity contribution in [1.82, 2.24) is 0 Å². The molecule has 1 nitrogen and oxygen atoms in total. The van der Waals surface area contributed by atoms with Crippen molar-refractivity contribution < 1.29 is 4.79 Å². The first-order valence-corrected chi connectivity index (χ1v) is 4.41. The molecule has 1 heteroatoms. The summed E-state index contributed by atoms with van der Waals surface area (Å²) in [5, 5.41) is 0. The molecule has 0 radical (unpaired) electrons. The fraction of sp³-hybridized carbons (Fsp3) is 0.889. The molecule has 54 valence electrons. The average Bonchev–Trinajstić information content (AvgIpc) is 2.21. The molecule has 0 N–H and O–H groups in total. The van der Waals surface area contributed by atoms with Crippen LogP contribution in [-0.4, -0.2) is 5.78 Å².